The number of thiazole rings is 1. The second-order valence-corrected chi connectivity index (χ2v) is 8.75. The molecular formula is C22H22ClN3O2S. The minimum absolute atomic E-state index is 0.00356. The van der Waals surface area contributed by atoms with Gasteiger partial charge in [-0.2, -0.15) is 0 Å². The first kappa shape index (κ1) is 19.9. The first-order valence-electron chi connectivity index (χ1n) is 9.72. The van der Waals surface area contributed by atoms with Gasteiger partial charge in [-0.05, 0) is 49.6 Å². The summed E-state index contributed by atoms with van der Waals surface area (Å²) in [6.45, 7) is 2.62. The molecule has 3 aromatic rings. The molecular weight excluding hydrogens is 406 g/mol. The number of aromatic nitrogens is 1. The van der Waals surface area contributed by atoms with E-state index in [4.69, 9.17) is 16.6 Å². The van der Waals surface area contributed by atoms with Gasteiger partial charge in [0, 0.05) is 30.1 Å². The minimum Gasteiger partial charge on any atom is -0.333 e. The number of nitrogens with one attached hydrogen (secondary N) is 1. The fraction of sp³-hybridized carbons (Fsp3) is 0.318. The van der Waals surface area contributed by atoms with Gasteiger partial charge in [0.05, 0.1) is 16.3 Å². The molecule has 1 atom stereocenters. The van der Waals surface area contributed by atoms with Gasteiger partial charge in [0.2, 0.25) is 11.8 Å². The molecule has 2 aromatic carbocycles. The van der Waals surface area contributed by atoms with Gasteiger partial charge in [0.15, 0.2) is 0 Å². The van der Waals surface area contributed by atoms with E-state index in [1.807, 2.05) is 42.2 Å². The molecule has 150 valence electrons. The molecule has 4 rings (SSSR count). The van der Waals surface area contributed by atoms with Gasteiger partial charge in [-0.1, -0.05) is 29.8 Å². The summed E-state index contributed by atoms with van der Waals surface area (Å²) < 4.78 is 1.14. The number of benzene rings is 2. The number of rotatable bonds is 5. The van der Waals surface area contributed by atoms with Crippen LogP contribution in [0.4, 0.5) is 5.69 Å². The zero-order valence-electron chi connectivity index (χ0n) is 16.2. The number of hydrogen-bond donors (Lipinski definition) is 1. The number of fused-ring (bicyclic) bond motifs is 1. The molecule has 1 aliphatic heterocycles. The third-order valence-electron chi connectivity index (χ3n) is 5.19. The van der Waals surface area contributed by atoms with Gasteiger partial charge in [-0.15, -0.1) is 11.3 Å². The van der Waals surface area contributed by atoms with Gasteiger partial charge < -0.3 is 10.2 Å². The van der Waals surface area contributed by atoms with Crippen LogP contribution in [0.3, 0.4) is 0 Å². The number of para-hydroxylation sites is 1. The SMILES string of the molecule is Cc1ccc(NC(=O)CCC(=O)N2CCC[C@@H]2c2nc3ccccc3s2)cc1Cl. The highest BCUT2D eigenvalue weighted by Gasteiger charge is 2.32. The topological polar surface area (TPSA) is 62.3 Å². The van der Waals surface area contributed by atoms with Crippen molar-refractivity contribution >= 4 is 50.7 Å². The Kier molecular flexibility index (Phi) is 5.83. The molecule has 1 saturated heterocycles. The lowest BCUT2D eigenvalue weighted by Gasteiger charge is -2.23. The van der Waals surface area contributed by atoms with Crippen molar-refractivity contribution in [3.8, 4) is 0 Å². The maximum absolute atomic E-state index is 12.8. The van der Waals surface area contributed by atoms with E-state index < -0.39 is 0 Å². The normalized spacial score (nSPS) is 16.3. The molecule has 0 aliphatic carbocycles. The smallest absolute Gasteiger partial charge is 0.224 e. The Hall–Kier alpha value is -2.44. The number of hydrogen-bond acceptors (Lipinski definition) is 4. The fourth-order valence-electron chi connectivity index (χ4n) is 3.61. The van der Waals surface area contributed by atoms with Crippen molar-refractivity contribution in [3.63, 3.8) is 0 Å². The summed E-state index contributed by atoms with van der Waals surface area (Å²) in [4.78, 5) is 31.7. The highest BCUT2D eigenvalue weighted by Crippen LogP contribution is 2.36. The van der Waals surface area contributed by atoms with Crippen LogP contribution < -0.4 is 5.32 Å². The molecule has 0 bridgehead atoms. The van der Waals surface area contributed by atoms with E-state index in [1.54, 1.807) is 17.4 Å². The highest BCUT2D eigenvalue weighted by molar-refractivity contribution is 7.18. The predicted octanol–water partition coefficient (Wildman–Crippen LogP) is 5.34. The number of amides is 2. The molecule has 0 radical (unpaired) electrons. The number of halogens is 1. The summed E-state index contributed by atoms with van der Waals surface area (Å²) in [6.07, 6.45) is 2.21. The van der Waals surface area contributed by atoms with Crippen LogP contribution in [-0.2, 0) is 9.59 Å². The average molecular weight is 428 g/mol. The van der Waals surface area contributed by atoms with E-state index in [1.165, 1.54) is 0 Å². The predicted molar refractivity (Wildman–Crippen MR) is 117 cm³/mol. The van der Waals surface area contributed by atoms with Crippen LogP contribution in [0.15, 0.2) is 42.5 Å². The zero-order chi connectivity index (χ0) is 20.4. The molecule has 2 heterocycles. The van der Waals surface area contributed by atoms with E-state index in [9.17, 15) is 9.59 Å². The molecule has 0 unspecified atom stereocenters. The van der Waals surface area contributed by atoms with Crippen molar-refractivity contribution in [2.24, 2.45) is 0 Å². The molecule has 29 heavy (non-hydrogen) atoms. The number of likely N-dealkylation sites (tertiary alicyclic amines) is 1. The molecule has 7 heteroatoms. The summed E-state index contributed by atoms with van der Waals surface area (Å²) in [7, 11) is 0. The number of aryl methyl sites for hydroxylation is 1. The number of nitrogens with zero attached hydrogens (tertiary/aromatic N) is 2. The second kappa shape index (κ2) is 8.51. The Morgan fingerprint density at radius 1 is 1.24 bits per heavy atom. The van der Waals surface area contributed by atoms with Crippen LogP contribution in [0.5, 0.6) is 0 Å². The lowest BCUT2D eigenvalue weighted by atomic mass is 10.2. The van der Waals surface area contributed by atoms with E-state index in [2.05, 4.69) is 11.4 Å². The van der Waals surface area contributed by atoms with Crippen LogP contribution in [0, 0.1) is 6.92 Å². The summed E-state index contributed by atoms with van der Waals surface area (Å²) in [6, 6.07) is 13.4. The van der Waals surface area contributed by atoms with Crippen LogP contribution in [-0.4, -0.2) is 28.2 Å². The van der Waals surface area contributed by atoms with Crippen molar-refractivity contribution in [1.82, 2.24) is 9.88 Å². The molecule has 5 nitrogen and oxygen atoms in total. The summed E-state index contributed by atoms with van der Waals surface area (Å²) in [5.41, 5.74) is 2.57. The lowest BCUT2D eigenvalue weighted by Crippen LogP contribution is -2.31. The van der Waals surface area contributed by atoms with E-state index in [0.717, 1.165) is 33.6 Å². The Balaban J connectivity index is 1.37. The summed E-state index contributed by atoms with van der Waals surface area (Å²) in [5.74, 6) is -0.183. The minimum atomic E-state index is -0.186. The van der Waals surface area contributed by atoms with E-state index in [-0.39, 0.29) is 30.7 Å². The maximum atomic E-state index is 12.8. The molecule has 1 aromatic heterocycles. The maximum Gasteiger partial charge on any atom is 0.224 e. The highest BCUT2D eigenvalue weighted by atomic mass is 35.5. The van der Waals surface area contributed by atoms with Crippen molar-refractivity contribution in [2.75, 3.05) is 11.9 Å². The van der Waals surface area contributed by atoms with E-state index >= 15 is 0 Å². The number of carbonyl (C=O) groups is 2. The van der Waals surface area contributed by atoms with Crippen LogP contribution >= 0.6 is 22.9 Å². The fourth-order valence-corrected chi connectivity index (χ4v) is 4.91. The Labute approximate surface area is 178 Å². The number of carbonyl (C=O) groups excluding carboxylic acids is 2. The van der Waals surface area contributed by atoms with Crippen molar-refractivity contribution in [2.45, 2.75) is 38.6 Å². The largest absolute Gasteiger partial charge is 0.333 e. The number of anilines is 1. The molecule has 2 amide bonds. The molecule has 0 saturated carbocycles. The third-order valence-corrected chi connectivity index (χ3v) is 6.73. The van der Waals surface area contributed by atoms with Gasteiger partial charge in [-0.25, -0.2) is 4.98 Å². The molecule has 0 spiro atoms. The monoisotopic (exact) mass is 427 g/mol. The Morgan fingerprint density at radius 2 is 2.07 bits per heavy atom. The summed E-state index contributed by atoms with van der Waals surface area (Å²) in [5, 5.41) is 4.40. The van der Waals surface area contributed by atoms with E-state index in [0.29, 0.717) is 17.3 Å². The van der Waals surface area contributed by atoms with Crippen molar-refractivity contribution in [1.29, 1.82) is 0 Å². The quantitative estimate of drug-likeness (QED) is 0.597. The molecule has 1 fully saturated rings. The average Bonchev–Trinajstić information content (AvgIpc) is 3.35. The Morgan fingerprint density at radius 3 is 2.86 bits per heavy atom. The standard InChI is InChI=1S/C22H22ClN3O2S/c1-14-8-9-15(13-16(14)23)24-20(27)10-11-21(28)26-12-4-6-18(26)22-25-17-5-2-3-7-19(17)29-22/h2-3,5,7-9,13,18H,4,6,10-12H2,1H3,(H,24,27)/t18-/m1/s1. The lowest BCUT2D eigenvalue weighted by molar-refractivity contribution is -0.133. The first-order valence-corrected chi connectivity index (χ1v) is 10.9. The van der Waals surface area contributed by atoms with Gasteiger partial charge in [0.25, 0.3) is 0 Å². The third kappa shape index (κ3) is 4.43. The van der Waals surface area contributed by atoms with Gasteiger partial charge >= 0.3 is 0 Å². The second-order valence-electron chi connectivity index (χ2n) is 7.28. The van der Waals surface area contributed by atoms with Crippen molar-refractivity contribution < 1.29 is 9.59 Å². The molecule has 1 aliphatic rings. The van der Waals surface area contributed by atoms with Gasteiger partial charge in [-0.3, -0.25) is 9.59 Å². The zero-order valence-corrected chi connectivity index (χ0v) is 17.7. The molecule has 1 N–H and O–H groups in total. The van der Waals surface area contributed by atoms with Crippen LogP contribution in [0.2, 0.25) is 5.02 Å². The van der Waals surface area contributed by atoms with Crippen molar-refractivity contribution in [3.05, 3.63) is 58.1 Å². The van der Waals surface area contributed by atoms with Crippen LogP contribution in [0.1, 0.15) is 42.3 Å². The Bertz CT molecular complexity index is 1030. The van der Waals surface area contributed by atoms with Crippen LogP contribution in [0.25, 0.3) is 10.2 Å². The first-order chi connectivity index (χ1) is 14.0. The summed E-state index contributed by atoms with van der Waals surface area (Å²) >= 11 is 7.74. The van der Waals surface area contributed by atoms with Gasteiger partial charge in [0.1, 0.15) is 5.01 Å².